The molecule has 2 aromatic rings. The molecule has 0 atom stereocenters. The van der Waals surface area contributed by atoms with Crippen molar-refractivity contribution in [3.63, 3.8) is 0 Å². The van der Waals surface area contributed by atoms with Crippen LogP contribution in [0.25, 0.3) is 5.57 Å². The van der Waals surface area contributed by atoms with Crippen molar-refractivity contribution in [3.8, 4) is 0 Å². The second-order valence-corrected chi connectivity index (χ2v) is 7.79. The topological polar surface area (TPSA) is 106 Å². The first-order chi connectivity index (χ1) is 17.8. The van der Waals surface area contributed by atoms with Gasteiger partial charge in [-0.25, -0.2) is 9.78 Å². The molecule has 0 saturated heterocycles. The van der Waals surface area contributed by atoms with Gasteiger partial charge in [-0.1, -0.05) is 63.6 Å². The molecular formula is C29H45N5O3. The van der Waals surface area contributed by atoms with Gasteiger partial charge in [-0.3, -0.25) is 0 Å². The molecule has 0 aliphatic heterocycles. The molecule has 1 heterocycles. The van der Waals surface area contributed by atoms with Crippen molar-refractivity contribution in [2.24, 2.45) is 10.9 Å². The highest BCUT2D eigenvalue weighted by atomic mass is 16.5. The van der Waals surface area contributed by atoms with E-state index in [9.17, 15) is 4.79 Å². The number of rotatable bonds is 9. The second-order valence-electron chi connectivity index (χ2n) is 7.79. The molecule has 8 heteroatoms. The molecule has 0 bridgehead atoms. The summed E-state index contributed by atoms with van der Waals surface area (Å²) in [7, 11) is 0. The summed E-state index contributed by atoms with van der Waals surface area (Å²) in [6.45, 7) is 22.5. The first-order valence-corrected chi connectivity index (χ1v) is 12.5. The Labute approximate surface area is 223 Å². The van der Waals surface area contributed by atoms with E-state index in [1.807, 2.05) is 58.0 Å². The minimum Gasteiger partial charge on any atom is -0.448 e. The third-order valence-corrected chi connectivity index (χ3v) is 4.47. The Morgan fingerprint density at radius 3 is 2.30 bits per heavy atom. The zero-order chi connectivity index (χ0) is 28.6. The van der Waals surface area contributed by atoms with Crippen LogP contribution in [0.3, 0.4) is 0 Å². The van der Waals surface area contributed by atoms with Crippen molar-refractivity contribution in [2.75, 3.05) is 23.8 Å². The monoisotopic (exact) mass is 511 g/mol. The predicted octanol–water partition coefficient (Wildman–Crippen LogP) is 7.65. The maximum atomic E-state index is 9.96. The van der Waals surface area contributed by atoms with Crippen molar-refractivity contribution in [2.45, 2.75) is 61.8 Å². The third kappa shape index (κ3) is 16.5. The standard InChI is InChI=1S/C22H30N4.C4H7NO2.C2H6.CH2O/c1-6-7-8-18(5)20-15-24-22(25-19-11-9-17(4)10-12-19)26-21(20)23-14-13-16(2)3;1-3-7-4(6)5-2;2*1-2/h6-12,15-16H,13-14H2,1-5H3,(H2,23,24,25,26);2-3H2,1H3;1-2H3;1H2/b7-6-,18-8+;;;. The van der Waals surface area contributed by atoms with Gasteiger partial charge in [0.25, 0.3) is 0 Å². The lowest BCUT2D eigenvalue weighted by molar-refractivity contribution is -0.0980. The number of ether oxygens (including phenoxy) is 1. The van der Waals surface area contributed by atoms with Crippen LogP contribution in [0.2, 0.25) is 0 Å². The number of allylic oxidation sites excluding steroid dienone is 4. The van der Waals surface area contributed by atoms with Gasteiger partial charge < -0.3 is 20.2 Å². The van der Waals surface area contributed by atoms with Gasteiger partial charge in [-0.15, -0.1) is 0 Å². The Morgan fingerprint density at radius 1 is 1.19 bits per heavy atom. The fourth-order valence-corrected chi connectivity index (χ4v) is 2.61. The zero-order valence-corrected chi connectivity index (χ0v) is 23.8. The average molecular weight is 512 g/mol. The minimum absolute atomic E-state index is 0.359. The normalized spacial score (nSPS) is 10.1. The van der Waals surface area contributed by atoms with E-state index in [0.717, 1.165) is 35.6 Å². The molecule has 0 aliphatic carbocycles. The number of hydrogen-bond donors (Lipinski definition) is 2. The third-order valence-electron chi connectivity index (χ3n) is 4.47. The molecule has 0 saturated carbocycles. The van der Waals surface area contributed by atoms with Crippen LogP contribution in [0.5, 0.6) is 0 Å². The van der Waals surface area contributed by atoms with Crippen molar-refractivity contribution < 1.29 is 14.3 Å². The van der Waals surface area contributed by atoms with Gasteiger partial charge in [-0.05, 0) is 64.5 Å². The number of benzene rings is 1. The van der Waals surface area contributed by atoms with Crippen molar-refractivity contribution in [1.82, 2.24) is 9.97 Å². The number of hydrogen-bond acceptors (Lipinski definition) is 7. The van der Waals surface area contributed by atoms with Crippen LogP contribution in [0.15, 0.2) is 53.7 Å². The predicted molar refractivity (Wildman–Crippen MR) is 158 cm³/mol. The first-order valence-electron chi connectivity index (χ1n) is 12.5. The van der Waals surface area contributed by atoms with Crippen molar-refractivity contribution in [1.29, 1.82) is 0 Å². The second kappa shape index (κ2) is 22.6. The Hall–Kier alpha value is -3.81. The highest BCUT2D eigenvalue weighted by Gasteiger charge is 2.09. The summed E-state index contributed by atoms with van der Waals surface area (Å²) in [4.78, 5) is 30.1. The van der Waals surface area contributed by atoms with Gasteiger partial charge in [0.1, 0.15) is 12.6 Å². The molecule has 1 amide bonds. The van der Waals surface area contributed by atoms with Crippen LogP contribution < -0.4 is 10.6 Å². The smallest absolute Gasteiger partial charge is 0.432 e. The molecule has 204 valence electrons. The Kier molecular flexibility index (Phi) is 21.6. The van der Waals surface area contributed by atoms with Crippen molar-refractivity contribution >= 4 is 42.6 Å². The van der Waals surface area contributed by atoms with Gasteiger partial charge in [0, 0.05) is 24.0 Å². The number of aromatic nitrogens is 2. The van der Waals surface area contributed by atoms with Gasteiger partial charge in [0.05, 0.1) is 6.61 Å². The molecule has 0 radical (unpaired) electrons. The number of nitrogens with zero attached hydrogens (tertiary/aromatic N) is 3. The molecule has 0 aliphatic rings. The molecule has 0 fully saturated rings. The summed E-state index contributed by atoms with van der Waals surface area (Å²) in [6.07, 6.45) is 8.51. The van der Waals surface area contributed by atoms with E-state index in [1.165, 1.54) is 5.56 Å². The van der Waals surface area contributed by atoms with Crippen LogP contribution >= 0.6 is 0 Å². The number of amides is 1. The van der Waals surface area contributed by atoms with Crippen LogP contribution in [0, 0.1) is 12.8 Å². The van der Waals surface area contributed by atoms with Crippen molar-refractivity contribution in [3.05, 3.63) is 59.8 Å². The maximum absolute atomic E-state index is 9.96. The summed E-state index contributed by atoms with van der Waals surface area (Å²) in [5.41, 5.74) is 4.38. The molecule has 8 nitrogen and oxygen atoms in total. The largest absolute Gasteiger partial charge is 0.448 e. The molecule has 1 aromatic heterocycles. The van der Waals surface area contributed by atoms with Crippen LogP contribution in [-0.4, -0.2) is 42.7 Å². The summed E-state index contributed by atoms with van der Waals surface area (Å²) < 4.78 is 4.32. The van der Waals surface area contributed by atoms with E-state index in [2.05, 4.69) is 78.0 Å². The average Bonchev–Trinajstić information content (AvgIpc) is 2.91. The maximum Gasteiger partial charge on any atom is 0.432 e. The van der Waals surface area contributed by atoms with E-state index in [1.54, 1.807) is 6.92 Å². The van der Waals surface area contributed by atoms with Gasteiger partial charge in [0.15, 0.2) is 0 Å². The number of aliphatic imine (C=N–C) groups is 1. The minimum atomic E-state index is -0.609. The summed E-state index contributed by atoms with van der Waals surface area (Å²) >= 11 is 0. The Morgan fingerprint density at radius 2 is 1.81 bits per heavy atom. The van der Waals surface area contributed by atoms with Crippen LogP contribution in [0.1, 0.15) is 66.0 Å². The van der Waals surface area contributed by atoms with E-state index < -0.39 is 6.09 Å². The van der Waals surface area contributed by atoms with Gasteiger partial charge in [0.2, 0.25) is 5.95 Å². The lowest BCUT2D eigenvalue weighted by Crippen LogP contribution is -2.10. The molecule has 2 rings (SSSR count). The molecule has 0 spiro atoms. The Bertz CT molecular complexity index is 955. The number of anilines is 3. The molecule has 1 aromatic carbocycles. The Balaban J connectivity index is 0. The zero-order valence-electron chi connectivity index (χ0n) is 23.8. The van der Waals surface area contributed by atoms with E-state index in [-0.39, 0.29) is 0 Å². The quantitative estimate of drug-likeness (QED) is 0.263. The molecule has 37 heavy (non-hydrogen) atoms. The molecular weight excluding hydrogens is 466 g/mol. The fraction of sp³-hybridized carbons (Fsp3) is 0.414. The SMILES string of the molecule is C/C=C\C=C(/C)c1cnc(Nc2ccc(C)cc2)nc1NCCC(C)C.C=NC(=O)OCC.C=O.CC. The van der Waals surface area contributed by atoms with Gasteiger partial charge in [-0.2, -0.15) is 9.98 Å². The molecule has 2 N–H and O–H groups in total. The highest BCUT2D eigenvalue weighted by Crippen LogP contribution is 2.24. The number of carbonyl (C=O) groups excluding carboxylic acids is 2. The van der Waals surface area contributed by atoms with E-state index in [4.69, 9.17) is 9.78 Å². The summed E-state index contributed by atoms with van der Waals surface area (Å²) in [5, 5.41) is 6.77. The first kappa shape index (κ1) is 35.4. The van der Waals surface area contributed by atoms with Gasteiger partial charge >= 0.3 is 6.09 Å². The molecule has 0 unspecified atom stereocenters. The summed E-state index contributed by atoms with van der Waals surface area (Å²) in [5.74, 6) is 2.12. The fourth-order valence-electron chi connectivity index (χ4n) is 2.61. The number of nitrogens with one attached hydrogen (secondary N) is 2. The van der Waals surface area contributed by atoms with E-state index >= 15 is 0 Å². The summed E-state index contributed by atoms with van der Waals surface area (Å²) in [6, 6.07) is 8.22. The highest BCUT2D eigenvalue weighted by molar-refractivity contribution is 5.74. The lowest BCUT2D eigenvalue weighted by atomic mass is 10.1. The van der Waals surface area contributed by atoms with E-state index in [0.29, 0.717) is 18.5 Å². The van der Waals surface area contributed by atoms with Crippen LogP contribution in [-0.2, 0) is 9.53 Å². The lowest BCUT2D eigenvalue weighted by Gasteiger charge is -2.14. The number of aryl methyl sites for hydroxylation is 1. The number of carbonyl (C=O) groups is 2. The van der Waals surface area contributed by atoms with Crippen LogP contribution in [0.4, 0.5) is 22.2 Å².